The van der Waals surface area contributed by atoms with Gasteiger partial charge in [0.25, 0.3) is 0 Å². The third-order valence-corrected chi connectivity index (χ3v) is 4.53. The van der Waals surface area contributed by atoms with Crippen molar-refractivity contribution < 1.29 is 8.42 Å². The minimum absolute atomic E-state index is 0.348. The lowest BCUT2D eigenvalue weighted by Crippen LogP contribution is -2.41. The second kappa shape index (κ2) is 4.66. The number of nitrogens with zero attached hydrogens (tertiary/aromatic N) is 2. The Morgan fingerprint density at radius 2 is 2.12 bits per heavy atom. The van der Waals surface area contributed by atoms with Gasteiger partial charge in [0.15, 0.2) is 5.82 Å². The molecule has 0 saturated carbocycles. The minimum atomic E-state index is -3.45. The molecule has 2 heterocycles. The van der Waals surface area contributed by atoms with Gasteiger partial charge >= 0.3 is 10.2 Å². The van der Waals surface area contributed by atoms with Crippen LogP contribution in [0.3, 0.4) is 0 Å². The Morgan fingerprint density at radius 3 is 2.65 bits per heavy atom. The topological polar surface area (TPSA) is 78.1 Å². The lowest BCUT2D eigenvalue weighted by Gasteiger charge is -2.29. The molecule has 6 nitrogen and oxygen atoms in total. The van der Waals surface area contributed by atoms with Gasteiger partial charge in [-0.2, -0.15) is 17.8 Å². The van der Waals surface area contributed by atoms with E-state index in [1.807, 2.05) is 6.92 Å². The lowest BCUT2D eigenvalue weighted by molar-refractivity contribution is 0.289. The van der Waals surface area contributed by atoms with Crippen molar-refractivity contribution in [3.05, 3.63) is 11.8 Å². The maximum absolute atomic E-state index is 12.0. The average Bonchev–Trinajstić information content (AvgIpc) is 2.63. The molecule has 0 aliphatic carbocycles. The quantitative estimate of drug-likeness (QED) is 0.852. The molecule has 0 atom stereocenters. The molecule has 1 aromatic rings. The molecule has 0 bridgehead atoms. The number of H-pyrrole nitrogens is 1. The molecular weight excluding hydrogens is 240 g/mol. The zero-order chi connectivity index (χ0) is 12.5. The van der Waals surface area contributed by atoms with Gasteiger partial charge in [0.1, 0.15) is 0 Å². The first-order valence-electron chi connectivity index (χ1n) is 5.77. The fourth-order valence-electron chi connectivity index (χ4n) is 1.89. The first-order chi connectivity index (χ1) is 7.97. The number of hydrogen-bond acceptors (Lipinski definition) is 3. The molecule has 1 aliphatic heterocycles. The maximum Gasteiger partial charge on any atom is 0.302 e. The lowest BCUT2D eigenvalue weighted by atomic mass is 10.0. The van der Waals surface area contributed by atoms with Crippen molar-refractivity contribution in [2.45, 2.75) is 26.7 Å². The first kappa shape index (κ1) is 12.4. The van der Waals surface area contributed by atoms with E-state index in [1.54, 1.807) is 6.07 Å². The second-order valence-corrected chi connectivity index (χ2v) is 6.30. The number of aryl methyl sites for hydroxylation is 1. The van der Waals surface area contributed by atoms with Gasteiger partial charge in [-0.15, -0.1) is 0 Å². The van der Waals surface area contributed by atoms with Crippen LogP contribution in [0.1, 0.15) is 25.5 Å². The Bertz CT molecular complexity index is 474. The smallest absolute Gasteiger partial charge is 0.281 e. The predicted molar refractivity (Wildman–Crippen MR) is 65.8 cm³/mol. The Hall–Kier alpha value is -1.08. The van der Waals surface area contributed by atoms with E-state index in [1.165, 1.54) is 4.31 Å². The normalized spacial score (nSPS) is 19.4. The summed E-state index contributed by atoms with van der Waals surface area (Å²) in [7, 11) is -3.45. The molecule has 0 spiro atoms. The van der Waals surface area contributed by atoms with Crippen LogP contribution in [-0.4, -0.2) is 36.0 Å². The van der Waals surface area contributed by atoms with E-state index < -0.39 is 10.2 Å². The highest BCUT2D eigenvalue weighted by molar-refractivity contribution is 7.90. The van der Waals surface area contributed by atoms with Crippen molar-refractivity contribution >= 4 is 16.0 Å². The standard InChI is InChI=1S/C10H18N4O2S/c1-8-3-5-14(6-4-8)17(15,16)13-10-7-9(2)11-12-10/h7-8H,3-6H2,1-2H3,(H2,11,12,13). The summed E-state index contributed by atoms with van der Waals surface area (Å²) in [6.07, 6.45) is 1.83. The maximum atomic E-state index is 12.0. The third-order valence-electron chi connectivity index (χ3n) is 3.02. The fourth-order valence-corrected chi connectivity index (χ4v) is 3.08. The highest BCUT2D eigenvalue weighted by Gasteiger charge is 2.26. The van der Waals surface area contributed by atoms with Crippen LogP contribution in [0.15, 0.2) is 6.07 Å². The average molecular weight is 258 g/mol. The summed E-state index contributed by atoms with van der Waals surface area (Å²) in [5.41, 5.74) is 0.829. The Morgan fingerprint density at radius 1 is 1.47 bits per heavy atom. The summed E-state index contributed by atoms with van der Waals surface area (Å²) in [6, 6.07) is 1.67. The Kier molecular flexibility index (Phi) is 3.39. The molecule has 1 aliphatic rings. The van der Waals surface area contributed by atoms with Crippen LogP contribution >= 0.6 is 0 Å². The molecular formula is C10H18N4O2S. The largest absolute Gasteiger partial charge is 0.302 e. The second-order valence-electron chi connectivity index (χ2n) is 4.62. The summed E-state index contributed by atoms with van der Waals surface area (Å²) in [5, 5.41) is 6.57. The molecule has 2 rings (SSSR count). The van der Waals surface area contributed by atoms with Crippen molar-refractivity contribution in [1.82, 2.24) is 14.5 Å². The Balaban J connectivity index is 2.04. The molecule has 17 heavy (non-hydrogen) atoms. The third kappa shape index (κ3) is 2.98. The summed E-state index contributed by atoms with van der Waals surface area (Å²) in [5.74, 6) is 0.954. The van der Waals surface area contributed by atoms with E-state index >= 15 is 0 Å². The fraction of sp³-hybridized carbons (Fsp3) is 0.700. The zero-order valence-corrected chi connectivity index (χ0v) is 10.9. The van der Waals surface area contributed by atoms with Crippen LogP contribution in [0, 0.1) is 12.8 Å². The molecule has 1 fully saturated rings. The van der Waals surface area contributed by atoms with Crippen LogP contribution in [0.2, 0.25) is 0 Å². The zero-order valence-electron chi connectivity index (χ0n) is 10.1. The monoisotopic (exact) mass is 258 g/mol. The molecule has 96 valence electrons. The van der Waals surface area contributed by atoms with Crippen LogP contribution in [0.25, 0.3) is 0 Å². The number of aromatic nitrogens is 2. The number of anilines is 1. The van der Waals surface area contributed by atoms with Crippen molar-refractivity contribution in [2.24, 2.45) is 5.92 Å². The SMILES string of the molecule is Cc1cc(NS(=O)(=O)N2CCC(C)CC2)n[nH]1. The molecule has 1 saturated heterocycles. The highest BCUT2D eigenvalue weighted by atomic mass is 32.2. The number of aromatic amines is 1. The summed E-state index contributed by atoms with van der Waals surface area (Å²) >= 11 is 0. The van der Waals surface area contributed by atoms with Gasteiger partial charge in [-0.05, 0) is 25.7 Å². The van der Waals surface area contributed by atoms with Crippen LogP contribution in [0.5, 0.6) is 0 Å². The van der Waals surface area contributed by atoms with Crippen molar-refractivity contribution in [2.75, 3.05) is 17.8 Å². The van der Waals surface area contributed by atoms with E-state index in [0.29, 0.717) is 24.8 Å². The van der Waals surface area contributed by atoms with Crippen molar-refractivity contribution in [3.63, 3.8) is 0 Å². The summed E-state index contributed by atoms with van der Waals surface area (Å²) < 4.78 is 28.0. The van der Waals surface area contributed by atoms with Crippen molar-refractivity contribution in [1.29, 1.82) is 0 Å². The van der Waals surface area contributed by atoms with E-state index in [2.05, 4.69) is 21.8 Å². The molecule has 0 amide bonds. The van der Waals surface area contributed by atoms with E-state index in [0.717, 1.165) is 18.5 Å². The van der Waals surface area contributed by atoms with Gasteiger partial charge in [-0.25, -0.2) is 0 Å². The van der Waals surface area contributed by atoms with E-state index in [-0.39, 0.29) is 0 Å². The highest BCUT2D eigenvalue weighted by Crippen LogP contribution is 2.19. The van der Waals surface area contributed by atoms with Gasteiger partial charge in [0.05, 0.1) is 0 Å². The van der Waals surface area contributed by atoms with E-state index in [4.69, 9.17) is 0 Å². The first-order valence-corrected chi connectivity index (χ1v) is 7.21. The van der Waals surface area contributed by atoms with Gasteiger partial charge in [-0.1, -0.05) is 6.92 Å². The molecule has 0 aromatic carbocycles. The molecule has 2 N–H and O–H groups in total. The molecule has 1 aromatic heterocycles. The van der Waals surface area contributed by atoms with Crippen LogP contribution in [0.4, 0.5) is 5.82 Å². The molecule has 7 heteroatoms. The van der Waals surface area contributed by atoms with Gasteiger partial charge < -0.3 is 0 Å². The predicted octanol–water partition coefficient (Wildman–Crippen LogP) is 1.11. The van der Waals surface area contributed by atoms with E-state index in [9.17, 15) is 8.42 Å². The summed E-state index contributed by atoms with van der Waals surface area (Å²) in [6.45, 7) is 5.14. The number of nitrogens with one attached hydrogen (secondary N) is 2. The number of rotatable bonds is 3. The van der Waals surface area contributed by atoms with Crippen molar-refractivity contribution in [3.8, 4) is 0 Å². The summed E-state index contributed by atoms with van der Waals surface area (Å²) in [4.78, 5) is 0. The molecule has 0 radical (unpaired) electrons. The van der Waals surface area contributed by atoms with Crippen LogP contribution in [-0.2, 0) is 10.2 Å². The number of piperidine rings is 1. The number of hydrogen-bond donors (Lipinski definition) is 2. The van der Waals surface area contributed by atoms with Gasteiger partial charge in [0.2, 0.25) is 0 Å². The Labute approximate surface area is 102 Å². The van der Waals surface area contributed by atoms with Crippen LogP contribution < -0.4 is 4.72 Å². The van der Waals surface area contributed by atoms with Gasteiger partial charge in [0, 0.05) is 24.8 Å². The van der Waals surface area contributed by atoms with Gasteiger partial charge in [-0.3, -0.25) is 9.82 Å². The minimum Gasteiger partial charge on any atom is -0.281 e. The molecule has 0 unspecified atom stereocenters.